The molecule has 1 aromatic heterocycles. The molecular formula is C14H14Cl2N4O3S. The van der Waals surface area contributed by atoms with Crippen LogP contribution in [0.3, 0.4) is 0 Å². The number of nitrogens with one attached hydrogen (secondary N) is 1. The quantitative estimate of drug-likeness (QED) is 0.872. The molecule has 128 valence electrons. The summed E-state index contributed by atoms with van der Waals surface area (Å²) in [6.45, 7) is 0.604. The minimum Gasteiger partial charge on any atom is -0.324 e. The molecule has 0 atom stereocenters. The zero-order valence-electron chi connectivity index (χ0n) is 12.7. The van der Waals surface area contributed by atoms with Gasteiger partial charge in [0, 0.05) is 20.0 Å². The van der Waals surface area contributed by atoms with Crippen LogP contribution in [0.25, 0.3) is 0 Å². The van der Waals surface area contributed by atoms with Gasteiger partial charge in [0.25, 0.3) is 10.0 Å². The van der Waals surface area contributed by atoms with Gasteiger partial charge in [0.05, 0.1) is 22.7 Å². The maximum absolute atomic E-state index is 12.4. The molecule has 2 heterocycles. The number of hydrogen-bond donors (Lipinski definition) is 1. The van der Waals surface area contributed by atoms with Crippen LogP contribution < -0.4 is 9.62 Å². The number of benzene rings is 1. The maximum atomic E-state index is 12.4. The van der Waals surface area contributed by atoms with Gasteiger partial charge in [-0.25, -0.2) is 4.98 Å². The lowest BCUT2D eigenvalue weighted by Crippen LogP contribution is -2.24. The van der Waals surface area contributed by atoms with Crippen LogP contribution in [-0.4, -0.2) is 30.4 Å². The molecule has 7 nitrogen and oxygen atoms in total. The van der Waals surface area contributed by atoms with E-state index in [0.717, 1.165) is 6.42 Å². The van der Waals surface area contributed by atoms with E-state index in [2.05, 4.69) is 9.71 Å². The number of aromatic nitrogens is 2. The van der Waals surface area contributed by atoms with Gasteiger partial charge in [-0.05, 0) is 24.6 Å². The highest BCUT2D eigenvalue weighted by Gasteiger charge is 2.25. The zero-order chi connectivity index (χ0) is 17.5. The lowest BCUT2D eigenvalue weighted by molar-refractivity contribution is -0.117. The van der Waals surface area contributed by atoms with Crippen molar-refractivity contribution in [1.82, 2.24) is 9.55 Å². The molecule has 1 fully saturated rings. The number of imidazole rings is 1. The summed E-state index contributed by atoms with van der Waals surface area (Å²) in [7, 11) is -2.35. The third kappa shape index (κ3) is 3.09. The average Bonchev–Trinajstić information content (AvgIpc) is 3.06. The molecule has 10 heteroatoms. The van der Waals surface area contributed by atoms with Crippen molar-refractivity contribution in [1.29, 1.82) is 0 Å². The van der Waals surface area contributed by atoms with Crippen LogP contribution in [-0.2, 0) is 21.9 Å². The second-order valence-corrected chi connectivity index (χ2v) is 7.73. The lowest BCUT2D eigenvalue weighted by atomic mass is 10.2. The Hall–Kier alpha value is -1.77. The standard InChI is InChI=1S/C14H14Cl2N4O3S/c1-19-8-17-14(13(19)16)24(22,23)18-9-4-5-11(10(15)7-9)20-6-2-3-12(20)21/h4-5,7-8,18H,2-3,6H2,1H3. The van der Waals surface area contributed by atoms with Crippen molar-refractivity contribution in [2.75, 3.05) is 16.2 Å². The Labute approximate surface area is 149 Å². The van der Waals surface area contributed by atoms with E-state index in [1.54, 1.807) is 24.1 Å². The molecule has 0 spiro atoms. The smallest absolute Gasteiger partial charge is 0.282 e. The summed E-state index contributed by atoms with van der Waals surface area (Å²) in [5.74, 6) is 0.00509. The minimum atomic E-state index is -3.94. The summed E-state index contributed by atoms with van der Waals surface area (Å²) in [4.78, 5) is 17.2. The Balaban J connectivity index is 1.87. The maximum Gasteiger partial charge on any atom is 0.282 e. The third-order valence-electron chi connectivity index (χ3n) is 3.65. The van der Waals surface area contributed by atoms with E-state index in [0.29, 0.717) is 18.7 Å². The summed E-state index contributed by atoms with van der Waals surface area (Å²) in [6, 6.07) is 4.61. The molecule has 0 saturated carbocycles. The first-order chi connectivity index (χ1) is 11.3. The average molecular weight is 389 g/mol. The fraction of sp³-hybridized carbons (Fsp3) is 0.286. The first kappa shape index (κ1) is 17.1. The number of nitrogens with zero attached hydrogens (tertiary/aromatic N) is 3. The van der Waals surface area contributed by atoms with Crippen LogP contribution in [0.1, 0.15) is 12.8 Å². The van der Waals surface area contributed by atoms with Gasteiger partial charge in [-0.2, -0.15) is 8.42 Å². The predicted octanol–water partition coefficient (Wildman–Crippen LogP) is 2.65. The van der Waals surface area contributed by atoms with Gasteiger partial charge < -0.3 is 9.47 Å². The van der Waals surface area contributed by atoms with Crippen molar-refractivity contribution in [2.45, 2.75) is 17.9 Å². The van der Waals surface area contributed by atoms with Gasteiger partial charge in [0.2, 0.25) is 10.9 Å². The zero-order valence-corrected chi connectivity index (χ0v) is 15.0. The van der Waals surface area contributed by atoms with E-state index in [9.17, 15) is 13.2 Å². The number of anilines is 2. The van der Waals surface area contributed by atoms with Crippen LogP contribution in [0.15, 0.2) is 29.6 Å². The number of aryl methyl sites for hydroxylation is 1. The first-order valence-electron chi connectivity index (χ1n) is 7.09. The van der Waals surface area contributed by atoms with Gasteiger partial charge >= 0.3 is 0 Å². The molecule has 0 radical (unpaired) electrons. The van der Waals surface area contributed by atoms with Crippen molar-refractivity contribution in [2.24, 2.45) is 7.05 Å². The van der Waals surface area contributed by atoms with Gasteiger partial charge in [-0.15, -0.1) is 0 Å². The molecule has 3 rings (SSSR count). The fourth-order valence-electron chi connectivity index (χ4n) is 2.47. The molecule has 1 N–H and O–H groups in total. The molecule has 24 heavy (non-hydrogen) atoms. The van der Waals surface area contributed by atoms with Crippen LogP contribution >= 0.6 is 23.2 Å². The highest BCUT2D eigenvalue weighted by Crippen LogP contribution is 2.32. The van der Waals surface area contributed by atoms with Crippen molar-refractivity contribution in [3.63, 3.8) is 0 Å². The highest BCUT2D eigenvalue weighted by atomic mass is 35.5. The fourth-order valence-corrected chi connectivity index (χ4v) is 4.24. The monoisotopic (exact) mass is 388 g/mol. The molecule has 0 bridgehead atoms. The number of amides is 1. The molecular weight excluding hydrogens is 375 g/mol. The van der Waals surface area contributed by atoms with E-state index in [4.69, 9.17) is 23.2 Å². The summed E-state index contributed by atoms with van der Waals surface area (Å²) in [6.07, 6.45) is 2.58. The molecule has 1 aliphatic rings. The molecule has 1 saturated heterocycles. The molecule has 2 aromatic rings. The minimum absolute atomic E-state index is 0.00509. The Morgan fingerprint density at radius 1 is 1.29 bits per heavy atom. The molecule has 1 aromatic carbocycles. The first-order valence-corrected chi connectivity index (χ1v) is 9.33. The predicted molar refractivity (Wildman–Crippen MR) is 92.1 cm³/mol. The topological polar surface area (TPSA) is 84.3 Å². The second-order valence-electron chi connectivity index (χ2n) is 5.37. The van der Waals surface area contributed by atoms with Crippen molar-refractivity contribution in [3.05, 3.63) is 34.7 Å². The van der Waals surface area contributed by atoms with Crippen molar-refractivity contribution in [3.8, 4) is 0 Å². The SMILES string of the molecule is Cn1cnc(S(=O)(=O)Nc2ccc(N3CCCC3=O)c(Cl)c2)c1Cl. The van der Waals surface area contributed by atoms with Gasteiger partial charge in [0.15, 0.2) is 0 Å². The number of carbonyl (C=O) groups excluding carboxylic acids is 1. The summed E-state index contributed by atoms with van der Waals surface area (Å²) >= 11 is 12.1. The van der Waals surface area contributed by atoms with E-state index in [1.165, 1.54) is 17.0 Å². The van der Waals surface area contributed by atoms with E-state index in [1.807, 2.05) is 0 Å². The van der Waals surface area contributed by atoms with Crippen LogP contribution in [0, 0.1) is 0 Å². The largest absolute Gasteiger partial charge is 0.324 e. The number of carbonyl (C=O) groups is 1. The summed E-state index contributed by atoms with van der Waals surface area (Å²) in [5, 5.41) is 0.0343. The van der Waals surface area contributed by atoms with E-state index >= 15 is 0 Å². The Kier molecular flexibility index (Phi) is 4.46. The molecule has 0 unspecified atom stereocenters. The van der Waals surface area contributed by atoms with E-state index in [-0.39, 0.29) is 26.8 Å². The molecule has 0 aliphatic carbocycles. The van der Waals surface area contributed by atoms with Crippen LogP contribution in [0.4, 0.5) is 11.4 Å². The highest BCUT2D eigenvalue weighted by molar-refractivity contribution is 7.92. The van der Waals surface area contributed by atoms with Gasteiger partial charge in [-0.1, -0.05) is 23.2 Å². The van der Waals surface area contributed by atoms with Crippen LogP contribution in [0.5, 0.6) is 0 Å². The summed E-state index contributed by atoms with van der Waals surface area (Å²) < 4.78 is 28.5. The third-order valence-corrected chi connectivity index (χ3v) is 5.83. The molecule has 1 amide bonds. The number of sulfonamides is 1. The van der Waals surface area contributed by atoms with Crippen molar-refractivity contribution < 1.29 is 13.2 Å². The van der Waals surface area contributed by atoms with Gasteiger partial charge in [-0.3, -0.25) is 9.52 Å². The second kappa shape index (κ2) is 6.27. The normalized spacial score (nSPS) is 15.1. The Morgan fingerprint density at radius 3 is 2.58 bits per heavy atom. The van der Waals surface area contributed by atoms with Gasteiger partial charge in [0.1, 0.15) is 5.15 Å². The van der Waals surface area contributed by atoms with E-state index < -0.39 is 10.0 Å². The number of hydrogen-bond acceptors (Lipinski definition) is 4. The number of halogens is 2. The summed E-state index contributed by atoms with van der Waals surface area (Å²) in [5.41, 5.74) is 0.829. The molecule has 1 aliphatic heterocycles. The lowest BCUT2D eigenvalue weighted by Gasteiger charge is -2.18. The number of rotatable bonds is 4. The van der Waals surface area contributed by atoms with Crippen LogP contribution in [0.2, 0.25) is 10.2 Å². The Morgan fingerprint density at radius 2 is 2.04 bits per heavy atom. The Bertz CT molecular complexity index is 911. The van der Waals surface area contributed by atoms with Crippen molar-refractivity contribution >= 4 is 50.5 Å².